The molecule has 1 fully saturated rings. The SMILES string of the molecule is CC(=O)c1ccc(S(=O)(=O)Nc2cc(N3CCCC3)ccc2F)cc1. The zero-order chi connectivity index (χ0) is 18.0. The summed E-state index contributed by atoms with van der Waals surface area (Å²) in [6.07, 6.45) is 2.14. The number of ketones is 1. The van der Waals surface area contributed by atoms with Crippen molar-refractivity contribution in [3.05, 3.63) is 53.8 Å². The van der Waals surface area contributed by atoms with Gasteiger partial charge in [-0.1, -0.05) is 12.1 Å². The number of hydrogen-bond acceptors (Lipinski definition) is 4. The quantitative estimate of drug-likeness (QED) is 0.828. The Morgan fingerprint density at radius 3 is 2.32 bits per heavy atom. The summed E-state index contributed by atoms with van der Waals surface area (Å²) in [5, 5.41) is 0. The number of hydrogen-bond donors (Lipinski definition) is 1. The molecule has 0 atom stereocenters. The molecule has 1 aliphatic heterocycles. The third kappa shape index (κ3) is 3.82. The van der Waals surface area contributed by atoms with Crippen LogP contribution in [-0.4, -0.2) is 27.3 Å². The molecule has 0 bridgehead atoms. The van der Waals surface area contributed by atoms with Crippen molar-refractivity contribution < 1.29 is 17.6 Å². The van der Waals surface area contributed by atoms with E-state index < -0.39 is 15.8 Å². The summed E-state index contributed by atoms with van der Waals surface area (Å²) in [6.45, 7) is 3.16. The second-order valence-corrected chi connectivity index (χ2v) is 7.73. The van der Waals surface area contributed by atoms with Crippen molar-refractivity contribution in [1.29, 1.82) is 0 Å². The van der Waals surface area contributed by atoms with Gasteiger partial charge in [-0.15, -0.1) is 0 Å². The molecule has 0 radical (unpaired) electrons. The van der Waals surface area contributed by atoms with Crippen molar-refractivity contribution in [3.8, 4) is 0 Å². The minimum absolute atomic E-state index is 0.0246. The second-order valence-electron chi connectivity index (χ2n) is 6.04. The average Bonchev–Trinajstić information content (AvgIpc) is 3.11. The van der Waals surface area contributed by atoms with Crippen LogP contribution in [0.15, 0.2) is 47.4 Å². The van der Waals surface area contributed by atoms with Crippen LogP contribution < -0.4 is 9.62 Å². The van der Waals surface area contributed by atoms with E-state index in [4.69, 9.17) is 0 Å². The zero-order valence-electron chi connectivity index (χ0n) is 13.8. The summed E-state index contributed by atoms with van der Waals surface area (Å²) in [5.41, 5.74) is 1.13. The Kier molecular flexibility index (Phi) is 4.76. The Labute approximate surface area is 146 Å². The fraction of sp³-hybridized carbons (Fsp3) is 0.278. The van der Waals surface area contributed by atoms with Crippen molar-refractivity contribution in [2.24, 2.45) is 0 Å². The Hall–Kier alpha value is -2.41. The van der Waals surface area contributed by atoms with Gasteiger partial charge in [-0.3, -0.25) is 9.52 Å². The maximum Gasteiger partial charge on any atom is 0.261 e. The molecule has 1 heterocycles. The number of halogens is 1. The first-order chi connectivity index (χ1) is 11.9. The molecule has 0 saturated carbocycles. The van der Waals surface area contributed by atoms with Crippen LogP contribution in [0, 0.1) is 5.82 Å². The number of nitrogens with one attached hydrogen (secondary N) is 1. The van der Waals surface area contributed by atoms with Gasteiger partial charge < -0.3 is 4.90 Å². The van der Waals surface area contributed by atoms with E-state index in [1.807, 2.05) is 0 Å². The van der Waals surface area contributed by atoms with Crippen LogP contribution in [0.3, 0.4) is 0 Å². The number of carbonyl (C=O) groups is 1. The maximum atomic E-state index is 14.1. The number of Topliss-reactive ketones (excluding diaryl/α,β-unsaturated/α-hetero) is 1. The van der Waals surface area contributed by atoms with Crippen LogP contribution in [0.1, 0.15) is 30.1 Å². The molecule has 0 spiro atoms. The molecular formula is C18H19FN2O3S. The Bertz CT molecular complexity index is 889. The predicted molar refractivity (Wildman–Crippen MR) is 95.1 cm³/mol. The summed E-state index contributed by atoms with van der Waals surface area (Å²) in [7, 11) is -3.94. The van der Waals surface area contributed by atoms with Gasteiger partial charge in [-0.05, 0) is 50.1 Å². The fourth-order valence-electron chi connectivity index (χ4n) is 2.84. The molecule has 132 valence electrons. The van der Waals surface area contributed by atoms with Gasteiger partial charge in [0, 0.05) is 24.3 Å². The first-order valence-electron chi connectivity index (χ1n) is 8.05. The highest BCUT2D eigenvalue weighted by molar-refractivity contribution is 7.92. The first kappa shape index (κ1) is 17.4. The number of nitrogens with zero attached hydrogens (tertiary/aromatic N) is 1. The van der Waals surface area contributed by atoms with E-state index in [1.165, 1.54) is 43.3 Å². The molecule has 2 aromatic rings. The van der Waals surface area contributed by atoms with E-state index >= 15 is 0 Å². The molecule has 2 aromatic carbocycles. The zero-order valence-corrected chi connectivity index (χ0v) is 14.6. The molecular weight excluding hydrogens is 343 g/mol. The fourth-order valence-corrected chi connectivity index (χ4v) is 3.89. The van der Waals surface area contributed by atoms with E-state index in [1.54, 1.807) is 6.07 Å². The van der Waals surface area contributed by atoms with Gasteiger partial charge in [-0.2, -0.15) is 0 Å². The molecule has 1 saturated heterocycles. The lowest BCUT2D eigenvalue weighted by Gasteiger charge is -2.19. The third-order valence-corrected chi connectivity index (χ3v) is 5.62. The van der Waals surface area contributed by atoms with Crippen LogP contribution in [0.25, 0.3) is 0 Å². The Morgan fingerprint density at radius 1 is 1.08 bits per heavy atom. The Balaban J connectivity index is 1.87. The summed E-state index contributed by atoms with van der Waals surface area (Å²) in [6, 6.07) is 9.98. The third-order valence-electron chi connectivity index (χ3n) is 4.24. The highest BCUT2D eigenvalue weighted by Gasteiger charge is 2.19. The predicted octanol–water partition coefficient (Wildman–Crippen LogP) is 3.43. The lowest BCUT2D eigenvalue weighted by molar-refractivity contribution is 0.101. The summed E-state index contributed by atoms with van der Waals surface area (Å²) in [4.78, 5) is 13.4. The maximum absolute atomic E-state index is 14.1. The van der Waals surface area contributed by atoms with E-state index in [2.05, 4.69) is 9.62 Å². The van der Waals surface area contributed by atoms with Crippen LogP contribution >= 0.6 is 0 Å². The van der Waals surface area contributed by atoms with Gasteiger partial charge in [0.2, 0.25) is 0 Å². The van der Waals surface area contributed by atoms with Crippen LogP contribution in [0.5, 0.6) is 0 Å². The highest BCUT2D eigenvalue weighted by Crippen LogP contribution is 2.27. The van der Waals surface area contributed by atoms with Gasteiger partial charge >= 0.3 is 0 Å². The monoisotopic (exact) mass is 362 g/mol. The number of anilines is 2. The molecule has 0 unspecified atom stereocenters. The summed E-state index contributed by atoms with van der Waals surface area (Å²) in [5.74, 6) is -0.784. The standard InChI is InChI=1S/C18H19FN2O3S/c1-13(22)14-4-7-16(8-5-14)25(23,24)20-18-12-15(6-9-17(18)19)21-10-2-3-11-21/h4-9,12,20H,2-3,10-11H2,1H3. The van der Waals surface area contributed by atoms with Gasteiger partial charge in [-0.25, -0.2) is 12.8 Å². The molecule has 1 aliphatic rings. The molecule has 5 nitrogen and oxygen atoms in total. The largest absolute Gasteiger partial charge is 0.371 e. The van der Waals surface area contributed by atoms with Gasteiger partial charge in [0.15, 0.2) is 5.78 Å². The highest BCUT2D eigenvalue weighted by atomic mass is 32.2. The molecule has 25 heavy (non-hydrogen) atoms. The van der Waals surface area contributed by atoms with Crippen molar-refractivity contribution in [1.82, 2.24) is 0 Å². The number of benzene rings is 2. The van der Waals surface area contributed by atoms with Crippen molar-refractivity contribution >= 4 is 27.2 Å². The normalized spacial score (nSPS) is 14.6. The van der Waals surface area contributed by atoms with E-state index in [9.17, 15) is 17.6 Å². The van der Waals surface area contributed by atoms with Crippen molar-refractivity contribution in [2.75, 3.05) is 22.7 Å². The van der Waals surface area contributed by atoms with Crippen molar-refractivity contribution in [2.45, 2.75) is 24.7 Å². The molecule has 0 amide bonds. The number of sulfonamides is 1. The van der Waals surface area contributed by atoms with E-state index in [0.717, 1.165) is 31.6 Å². The Morgan fingerprint density at radius 2 is 1.72 bits per heavy atom. The minimum atomic E-state index is -3.94. The van der Waals surface area contributed by atoms with Crippen LogP contribution in [0.4, 0.5) is 15.8 Å². The number of rotatable bonds is 5. The smallest absolute Gasteiger partial charge is 0.261 e. The van der Waals surface area contributed by atoms with Crippen LogP contribution in [-0.2, 0) is 10.0 Å². The molecule has 3 rings (SSSR count). The second kappa shape index (κ2) is 6.84. The molecule has 0 aliphatic carbocycles. The first-order valence-corrected chi connectivity index (χ1v) is 9.53. The molecule has 1 N–H and O–H groups in total. The lowest BCUT2D eigenvalue weighted by Crippen LogP contribution is -2.19. The van der Waals surface area contributed by atoms with Gasteiger partial charge in [0.25, 0.3) is 10.0 Å². The molecule has 7 heteroatoms. The number of carbonyl (C=O) groups excluding carboxylic acids is 1. The topological polar surface area (TPSA) is 66.5 Å². The lowest BCUT2D eigenvalue weighted by atomic mass is 10.2. The van der Waals surface area contributed by atoms with E-state index in [0.29, 0.717) is 5.56 Å². The van der Waals surface area contributed by atoms with Crippen LogP contribution in [0.2, 0.25) is 0 Å². The van der Waals surface area contributed by atoms with E-state index in [-0.39, 0.29) is 16.4 Å². The van der Waals surface area contributed by atoms with Crippen molar-refractivity contribution in [3.63, 3.8) is 0 Å². The molecule has 0 aromatic heterocycles. The minimum Gasteiger partial charge on any atom is -0.371 e. The summed E-state index contributed by atoms with van der Waals surface area (Å²) >= 11 is 0. The van der Waals surface area contributed by atoms with Gasteiger partial charge in [0.05, 0.1) is 10.6 Å². The summed E-state index contributed by atoms with van der Waals surface area (Å²) < 4.78 is 41.4. The average molecular weight is 362 g/mol. The van der Waals surface area contributed by atoms with Gasteiger partial charge in [0.1, 0.15) is 5.82 Å².